The number of hydrogen-bond acceptors (Lipinski definition) is 4. The van der Waals surface area contributed by atoms with E-state index in [1.807, 2.05) is 23.1 Å². The Bertz CT molecular complexity index is 478. The Hall–Kier alpha value is -1.75. The molecular weight excluding hydrogens is 242 g/mol. The molecule has 0 bridgehead atoms. The predicted molar refractivity (Wildman–Crippen MR) is 73.6 cm³/mol. The third-order valence-corrected chi connectivity index (χ3v) is 3.88. The molecule has 0 saturated carbocycles. The van der Waals surface area contributed by atoms with E-state index in [4.69, 9.17) is 4.74 Å². The maximum absolute atomic E-state index is 11.8. The van der Waals surface area contributed by atoms with Crippen LogP contribution in [0.5, 0.6) is 5.75 Å². The van der Waals surface area contributed by atoms with Crippen LogP contribution in [-0.2, 0) is 4.79 Å². The first-order chi connectivity index (χ1) is 9.28. The number of nitrogens with zero attached hydrogens (tertiary/aromatic N) is 2. The fourth-order valence-electron chi connectivity index (χ4n) is 2.85. The van der Waals surface area contributed by atoms with Gasteiger partial charge in [-0.25, -0.2) is 0 Å². The lowest BCUT2D eigenvalue weighted by Gasteiger charge is -2.45. The quantitative estimate of drug-likeness (QED) is 0.832. The molecule has 0 aliphatic carbocycles. The summed E-state index contributed by atoms with van der Waals surface area (Å²) in [5, 5.41) is 3.19. The molecule has 3 rings (SSSR count). The van der Waals surface area contributed by atoms with Crippen LogP contribution in [-0.4, -0.2) is 56.7 Å². The summed E-state index contributed by atoms with van der Waals surface area (Å²) in [6.45, 7) is 3.94. The van der Waals surface area contributed by atoms with Crippen LogP contribution >= 0.6 is 0 Å². The lowest BCUT2D eigenvalue weighted by Crippen LogP contribution is -2.63. The van der Waals surface area contributed by atoms with Gasteiger partial charge >= 0.3 is 0 Å². The van der Waals surface area contributed by atoms with Gasteiger partial charge in [0.05, 0.1) is 19.7 Å². The van der Waals surface area contributed by atoms with Gasteiger partial charge in [0.15, 0.2) is 0 Å². The van der Waals surface area contributed by atoms with Gasteiger partial charge in [-0.1, -0.05) is 6.07 Å². The molecule has 1 unspecified atom stereocenters. The second-order valence-corrected chi connectivity index (χ2v) is 5.02. The molecule has 5 nitrogen and oxygen atoms in total. The third-order valence-electron chi connectivity index (χ3n) is 3.88. The summed E-state index contributed by atoms with van der Waals surface area (Å²) in [6.07, 6.45) is 0. The molecule has 0 radical (unpaired) electrons. The topological polar surface area (TPSA) is 44.8 Å². The number of anilines is 1. The first-order valence-corrected chi connectivity index (χ1v) is 6.67. The second kappa shape index (κ2) is 5.09. The summed E-state index contributed by atoms with van der Waals surface area (Å²) in [5.74, 6) is 1.10. The number of nitrogens with one attached hydrogen (secondary N) is 1. The Labute approximate surface area is 113 Å². The maximum atomic E-state index is 11.8. The van der Waals surface area contributed by atoms with E-state index in [1.54, 1.807) is 7.11 Å². The van der Waals surface area contributed by atoms with E-state index in [0.717, 1.165) is 37.6 Å². The molecule has 1 N–H and O–H groups in total. The highest BCUT2D eigenvalue weighted by Crippen LogP contribution is 2.24. The molecule has 1 aromatic carbocycles. The van der Waals surface area contributed by atoms with Crippen LogP contribution in [0, 0.1) is 0 Å². The smallest absolute Gasteiger partial charge is 0.236 e. The van der Waals surface area contributed by atoms with Gasteiger partial charge in [0.2, 0.25) is 5.91 Å². The number of methoxy groups -OCH3 is 1. The van der Waals surface area contributed by atoms with Crippen molar-refractivity contribution in [2.24, 2.45) is 0 Å². The molecule has 5 heteroatoms. The minimum atomic E-state index is 0.224. The van der Waals surface area contributed by atoms with Crippen LogP contribution in [0.2, 0.25) is 0 Å². The summed E-state index contributed by atoms with van der Waals surface area (Å²) in [6, 6.07) is 8.38. The summed E-state index contributed by atoms with van der Waals surface area (Å²) >= 11 is 0. The summed E-state index contributed by atoms with van der Waals surface area (Å²) in [5.41, 5.74) is 1.16. The minimum absolute atomic E-state index is 0.224. The van der Waals surface area contributed by atoms with Crippen LogP contribution < -0.4 is 15.0 Å². The van der Waals surface area contributed by atoms with Crippen LogP contribution in [0.3, 0.4) is 0 Å². The van der Waals surface area contributed by atoms with Crippen molar-refractivity contribution in [3.05, 3.63) is 24.3 Å². The lowest BCUT2D eigenvalue weighted by atomic mass is 10.1. The number of ether oxygens (including phenoxy) is 1. The van der Waals surface area contributed by atoms with Gasteiger partial charge in [0, 0.05) is 37.9 Å². The Kier molecular flexibility index (Phi) is 3.29. The number of carbonyl (C=O) groups is 1. The molecule has 2 aliphatic heterocycles. The van der Waals surface area contributed by atoms with Crippen LogP contribution in [0.25, 0.3) is 0 Å². The Morgan fingerprint density at radius 1 is 1.37 bits per heavy atom. The van der Waals surface area contributed by atoms with E-state index in [-0.39, 0.29) is 11.9 Å². The van der Waals surface area contributed by atoms with Crippen molar-refractivity contribution in [3.8, 4) is 5.75 Å². The first-order valence-electron chi connectivity index (χ1n) is 6.67. The van der Waals surface area contributed by atoms with Crippen molar-refractivity contribution >= 4 is 11.6 Å². The Balaban J connectivity index is 1.75. The van der Waals surface area contributed by atoms with Gasteiger partial charge < -0.3 is 19.9 Å². The van der Waals surface area contributed by atoms with E-state index in [1.165, 1.54) is 0 Å². The maximum Gasteiger partial charge on any atom is 0.236 e. The molecule has 1 aromatic rings. The van der Waals surface area contributed by atoms with Crippen LogP contribution in [0.4, 0.5) is 5.69 Å². The van der Waals surface area contributed by atoms with E-state index in [9.17, 15) is 4.79 Å². The van der Waals surface area contributed by atoms with E-state index >= 15 is 0 Å². The summed E-state index contributed by atoms with van der Waals surface area (Å²) < 4.78 is 5.27. The second-order valence-electron chi connectivity index (χ2n) is 5.02. The largest absolute Gasteiger partial charge is 0.497 e. The fraction of sp³-hybridized carbons (Fsp3) is 0.500. The van der Waals surface area contributed by atoms with Crippen molar-refractivity contribution in [1.82, 2.24) is 10.2 Å². The molecule has 0 aromatic heterocycles. The van der Waals surface area contributed by atoms with Gasteiger partial charge in [-0.2, -0.15) is 0 Å². The van der Waals surface area contributed by atoms with E-state index < -0.39 is 0 Å². The molecular formula is C14H19N3O2. The van der Waals surface area contributed by atoms with Gasteiger partial charge in [-0.3, -0.25) is 4.79 Å². The monoisotopic (exact) mass is 261 g/mol. The number of piperazine rings is 2. The van der Waals surface area contributed by atoms with E-state index in [2.05, 4.69) is 16.3 Å². The minimum Gasteiger partial charge on any atom is -0.497 e. The molecule has 2 fully saturated rings. The number of amides is 1. The number of benzene rings is 1. The number of carbonyl (C=O) groups excluding carboxylic acids is 1. The average Bonchev–Trinajstić information content (AvgIpc) is 2.47. The zero-order valence-electron chi connectivity index (χ0n) is 11.1. The molecule has 102 valence electrons. The standard InChI is InChI=1S/C14H19N3O2/c1-19-13-4-2-3-11(7-13)16-5-6-17-12(10-16)8-15-9-14(17)18/h2-4,7,12,15H,5-6,8-10H2,1H3. The van der Waals surface area contributed by atoms with Crippen molar-refractivity contribution in [2.45, 2.75) is 6.04 Å². The molecule has 0 spiro atoms. The van der Waals surface area contributed by atoms with Crippen molar-refractivity contribution in [1.29, 1.82) is 0 Å². The molecule has 1 atom stereocenters. The van der Waals surface area contributed by atoms with Crippen molar-refractivity contribution in [2.75, 3.05) is 44.7 Å². The van der Waals surface area contributed by atoms with Crippen molar-refractivity contribution < 1.29 is 9.53 Å². The number of fused-ring (bicyclic) bond motifs is 1. The third kappa shape index (κ3) is 2.38. The van der Waals surface area contributed by atoms with Gasteiger partial charge in [0.25, 0.3) is 0 Å². The SMILES string of the molecule is COc1cccc(N2CCN3C(=O)CNCC3C2)c1. The van der Waals surface area contributed by atoms with Crippen LogP contribution in [0.15, 0.2) is 24.3 Å². The van der Waals surface area contributed by atoms with Gasteiger partial charge in [0.1, 0.15) is 5.75 Å². The molecule has 2 heterocycles. The highest BCUT2D eigenvalue weighted by Gasteiger charge is 2.32. The highest BCUT2D eigenvalue weighted by molar-refractivity contribution is 5.80. The molecule has 2 saturated heterocycles. The number of rotatable bonds is 2. The fourth-order valence-corrected chi connectivity index (χ4v) is 2.85. The normalized spacial score (nSPS) is 23.2. The molecule has 19 heavy (non-hydrogen) atoms. The zero-order chi connectivity index (χ0) is 13.2. The highest BCUT2D eigenvalue weighted by atomic mass is 16.5. The summed E-state index contributed by atoms with van der Waals surface area (Å²) in [7, 11) is 1.68. The molecule has 1 amide bonds. The summed E-state index contributed by atoms with van der Waals surface area (Å²) in [4.78, 5) is 16.1. The van der Waals surface area contributed by atoms with Crippen LogP contribution in [0.1, 0.15) is 0 Å². The Morgan fingerprint density at radius 2 is 2.26 bits per heavy atom. The lowest BCUT2D eigenvalue weighted by molar-refractivity contribution is -0.135. The predicted octanol–water partition coefficient (Wildman–Crippen LogP) is 0.316. The molecule has 2 aliphatic rings. The number of hydrogen-bond donors (Lipinski definition) is 1. The average molecular weight is 261 g/mol. The van der Waals surface area contributed by atoms with Crippen molar-refractivity contribution in [3.63, 3.8) is 0 Å². The zero-order valence-corrected chi connectivity index (χ0v) is 11.1. The van der Waals surface area contributed by atoms with E-state index in [0.29, 0.717) is 6.54 Å². The first kappa shape index (κ1) is 12.3. The van der Waals surface area contributed by atoms with Gasteiger partial charge in [-0.15, -0.1) is 0 Å². The van der Waals surface area contributed by atoms with Gasteiger partial charge in [-0.05, 0) is 12.1 Å². The Morgan fingerprint density at radius 3 is 3.11 bits per heavy atom.